The van der Waals surface area contributed by atoms with Crippen LogP contribution < -0.4 is 5.32 Å². The fraction of sp³-hybridized carbons (Fsp3) is 0.444. The van der Waals surface area contributed by atoms with Crippen molar-refractivity contribution in [1.29, 1.82) is 0 Å². The van der Waals surface area contributed by atoms with Crippen molar-refractivity contribution >= 4 is 23.8 Å². The van der Waals surface area contributed by atoms with E-state index < -0.39 is 53.9 Å². The highest BCUT2D eigenvalue weighted by Gasteiger charge is 2.38. The molecule has 2 atom stereocenters. The second-order valence-electron chi connectivity index (χ2n) is 5.73. The number of esters is 2. The van der Waals surface area contributed by atoms with Crippen LogP contribution in [0.5, 0.6) is 0 Å². The summed E-state index contributed by atoms with van der Waals surface area (Å²) in [5.74, 6) is -6.18. The molecule has 0 bridgehead atoms. The summed E-state index contributed by atoms with van der Waals surface area (Å²) >= 11 is 0. The maximum atomic E-state index is 12.6. The maximum Gasteiger partial charge on any atom is 0.416 e. The SMILES string of the molecule is CCOC(=O)C[C@H](C(=O)OCC)[C@@H](NC(=O)c1ccc(C(F)(F)F)cc1)C(=O)O. The summed E-state index contributed by atoms with van der Waals surface area (Å²) < 4.78 is 47.3. The van der Waals surface area contributed by atoms with E-state index in [0.717, 1.165) is 12.1 Å². The van der Waals surface area contributed by atoms with Gasteiger partial charge in [-0.1, -0.05) is 0 Å². The van der Waals surface area contributed by atoms with Crippen LogP contribution in [0.25, 0.3) is 0 Å². The van der Waals surface area contributed by atoms with Crippen molar-refractivity contribution in [3.8, 4) is 0 Å². The van der Waals surface area contributed by atoms with Crippen LogP contribution in [0.15, 0.2) is 24.3 Å². The number of benzene rings is 1. The number of alkyl halides is 3. The molecule has 0 aliphatic rings. The lowest BCUT2D eigenvalue weighted by atomic mass is 9.95. The molecule has 8 nitrogen and oxygen atoms in total. The van der Waals surface area contributed by atoms with E-state index in [1.54, 1.807) is 0 Å². The average molecular weight is 419 g/mol. The zero-order chi connectivity index (χ0) is 22.2. The summed E-state index contributed by atoms with van der Waals surface area (Å²) in [4.78, 5) is 47.8. The van der Waals surface area contributed by atoms with E-state index >= 15 is 0 Å². The Morgan fingerprint density at radius 3 is 2.03 bits per heavy atom. The van der Waals surface area contributed by atoms with Crippen LogP contribution in [0.1, 0.15) is 36.2 Å². The number of aliphatic carboxylic acids is 1. The van der Waals surface area contributed by atoms with Crippen molar-refractivity contribution in [3.05, 3.63) is 35.4 Å². The summed E-state index contributed by atoms with van der Waals surface area (Å²) in [6, 6.07) is 1.18. The van der Waals surface area contributed by atoms with E-state index in [-0.39, 0.29) is 18.8 Å². The van der Waals surface area contributed by atoms with Gasteiger partial charge < -0.3 is 19.9 Å². The van der Waals surface area contributed by atoms with Gasteiger partial charge in [0.15, 0.2) is 0 Å². The molecule has 29 heavy (non-hydrogen) atoms. The number of carbonyl (C=O) groups is 4. The van der Waals surface area contributed by atoms with Crippen LogP contribution in [0.2, 0.25) is 0 Å². The lowest BCUT2D eigenvalue weighted by molar-refractivity contribution is -0.159. The molecule has 0 saturated carbocycles. The second-order valence-corrected chi connectivity index (χ2v) is 5.73. The van der Waals surface area contributed by atoms with Crippen LogP contribution in [-0.4, -0.2) is 48.2 Å². The van der Waals surface area contributed by atoms with Crippen molar-refractivity contribution in [2.75, 3.05) is 13.2 Å². The third-order valence-electron chi connectivity index (χ3n) is 3.71. The van der Waals surface area contributed by atoms with Gasteiger partial charge in [0, 0.05) is 5.56 Å². The molecule has 0 fully saturated rings. The number of carboxylic acid groups (broad SMARTS) is 1. The molecule has 0 aromatic heterocycles. The number of ether oxygens (including phenoxy) is 2. The first kappa shape index (κ1) is 23.9. The van der Waals surface area contributed by atoms with Gasteiger partial charge in [-0.25, -0.2) is 4.79 Å². The minimum Gasteiger partial charge on any atom is -0.480 e. The lowest BCUT2D eigenvalue weighted by Gasteiger charge is -2.23. The standard InChI is InChI=1S/C18H20F3NO7/c1-3-28-13(23)9-12(17(27)29-4-2)14(16(25)26)22-15(24)10-5-7-11(8-6-10)18(19,20)21/h5-8,12,14H,3-4,9H2,1-2H3,(H,22,24)(H,25,26)/t12-,14+/m0/s1. The molecule has 11 heteroatoms. The van der Waals surface area contributed by atoms with Gasteiger partial charge in [0.2, 0.25) is 0 Å². The number of halogens is 3. The minimum absolute atomic E-state index is 0.00989. The quantitative estimate of drug-likeness (QED) is 0.588. The van der Waals surface area contributed by atoms with Gasteiger partial charge in [-0.15, -0.1) is 0 Å². The fourth-order valence-corrected chi connectivity index (χ4v) is 2.36. The summed E-state index contributed by atoms with van der Waals surface area (Å²) in [5.41, 5.74) is -1.25. The van der Waals surface area contributed by atoms with E-state index in [9.17, 15) is 37.5 Å². The summed E-state index contributed by atoms with van der Waals surface area (Å²) in [7, 11) is 0. The third kappa shape index (κ3) is 7.09. The van der Waals surface area contributed by atoms with E-state index in [2.05, 4.69) is 0 Å². The van der Waals surface area contributed by atoms with Crippen LogP contribution in [0.3, 0.4) is 0 Å². The van der Waals surface area contributed by atoms with E-state index in [4.69, 9.17) is 9.47 Å². The van der Waals surface area contributed by atoms with Crippen molar-refractivity contribution in [2.24, 2.45) is 5.92 Å². The van der Waals surface area contributed by atoms with Crippen molar-refractivity contribution in [2.45, 2.75) is 32.5 Å². The number of carboxylic acids is 1. The van der Waals surface area contributed by atoms with Crippen LogP contribution in [0, 0.1) is 5.92 Å². The highest BCUT2D eigenvalue weighted by Crippen LogP contribution is 2.29. The Balaban J connectivity index is 3.08. The summed E-state index contributed by atoms with van der Waals surface area (Å²) in [6.07, 6.45) is -5.27. The van der Waals surface area contributed by atoms with Crippen molar-refractivity contribution in [3.63, 3.8) is 0 Å². The predicted octanol–water partition coefficient (Wildman–Crippen LogP) is 2.02. The highest BCUT2D eigenvalue weighted by atomic mass is 19.4. The van der Waals surface area contributed by atoms with Crippen molar-refractivity contribution in [1.82, 2.24) is 5.32 Å². The molecule has 1 rings (SSSR count). The Morgan fingerprint density at radius 1 is 1.03 bits per heavy atom. The Bertz CT molecular complexity index is 747. The molecule has 2 N–H and O–H groups in total. The molecular weight excluding hydrogens is 399 g/mol. The number of hydrogen-bond donors (Lipinski definition) is 2. The van der Waals surface area contributed by atoms with Gasteiger partial charge >= 0.3 is 24.1 Å². The molecule has 1 amide bonds. The van der Waals surface area contributed by atoms with Gasteiger partial charge in [0.05, 0.1) is 31.1 Å². The molecule has 1 aromatic carbocycles. The van der Waals surface area contributed by atoms with E-state index in [0.29, 0.717) is 12.1 Å². The largest absolute Gasteiger partial charge is 0.480 e. The minimum atomic E-state index is -4.60. The molecule has 0 saturated heterocycles. The average Bonchev–Trinajstić information content (AvgIpc) is 2.64. The molecule has 160 valence electrons. The Kier molecular flexibility index (Phi) is 8.61. The van der Waals surface area contributed by atoms with Crippen LogP contribution >= 0.6 is 0 Å². The highest BCUT2D eigenvalue weighted by molar-refractivity contribution is 5.98. The zero-order valence-electron chi connectivity index (χ0n) is 15.6. The normalized spacial score (nSPS) is 13.1. The molecule has 0 heterocycles. The molecular formula is C18H20F3NO7. The molecule has 0 spiro atoms. The number of amides is 1. The number of rotatable bonds is 9. The topological polar surface area (TPSA) is 119 Å². The number of nitrogens with one attached hydrogen (secondary N) is 1. The monoisotopic (exact) mass is 419 g/mol. The third-order valence-corrected chi connectivity index (χ3v) is 3.71. The van der Waals surface area contributed by atoms with Gasteiger partial charge in [-0.05, 0) is 38.1 Å². The fourth-order valence-electron chi connectivity index (χ4n) is 2.36. The molecule has 1 aromatic rings. The smallest absolute Gasteiger partial charge is 0.416 e. The first-order valence-electron chi connectivity index (χ1n) is 8.54. The van der Waals surface area contributed by atoms with Gasteiger partial charge in [0.25, 0.3) is 5.91 Å². The van der Waals surface area contributed by atoms with Crippen LogP contribution in [0.4, 0.5) is 13.2 Å². The number of hydrogen-bond acceptors (Lipinski definition) is 6. The molecule has 0 unspecified atom stereocenters. The first-order valence-corrected chi connectivity index (χ1v) is 8.54. The van der Waals surface area contributed by atoms with Crippen molar-refractivity contribution < 1.29 is 46.9 Å². The Labute approximate surface area is 164 Å². The van der Waals surface area contributed by atoms with E-state index in [1.807, 2.05) is 5.32 Å². The summed E-state index contributed by atoms with van der Waals surface area (Å²) in [6.45, 7) is 2.87. The second kappa shape index (κ2) is 10.4. The van der Waals surface area contributed by atoms with Crippen LogP contribution in [-0.2, 0) is 30.0 Å². The van der Waals surface area contributed by atoms with E-state index in [1.165, 1.54) is 13.8 Å². The van der Waals surface area contributed by atoms with Gasteiger partial charge in [-0.3, -0.25) is 14.4 Å². The predicted molar refractivity (Wildman–Crippen MR) is 91.7 cm³/mol. The Hall–Kier alpha value is -3.11. The molecule has 0 radical (unpaired) electrons. The zero-order valence-corrected chi connectivity index (χ0v) is 15.6. The lowest BCUT2D eigenvalue weighted by Crippen LogP contribution is -2.49. The Morgan fingerprint density at radius 2 is 1.59 bits per heavy atom. The molecule has 0 aliphatic heterocycles. The van der Waals surface area contributed by atoms with Gasteiger partial charge in [-0.2, -0.15) is 13.2 Å². The number of carbonyl (C=O) groups excluding carboxylic acids is 3. The molecule has 0 aliphatic carbocycles. The summed E-state index contributed by atoms with van der Waals surface area (Å²) in [5, 5.41) is 11.5. The maximum absolute atomic E-state index is 12.6. The van der Waals surface area contributed by atoms with Gasteiger partial charge in [0.1, 0.15) is 6.04 Å². The first-order chi connectivity index (χ1) is 13.5.